The lowest BCUT2D eigenvalue weighted by atomic mass is 9.76. The number of rotatable bonds is 9. The van der Waals surface area contributed by atoms with Crippen LogP contribution in [0.5, 0.6) is 11.5 Å². The van der Waals surface area contributed by atoms with E-state index in [2.05, 4.69) is 13.8 Å². The van der Waals surface area contributed by atoms with Gasteiger partial charge in [-0.15, -0.1) is 0 Å². The first-order valence-corrected chi connectivity index (χ1v) is 22.2. The smallest absolute Gasteiger partial charge is 0.335 e. The highest BCUT2D eigenvalue weighted by molar-refractivity contribution is 7.58. The van der Waals surface area contributed by atoms with Gasteiger partial charge in [-0.3, -0.25) is 13.7 Å². The van der Waals surface area contributed by atoms with Crippen molar-refractivity contribution in [3.63, 3.8) is 0 Å². The molecule has 0 amide bonds. The minimum absolute atomic E-state index is 0.0142. The zero-order chi connectivity index (χ0) is 36.3. The fourth-order valence-electron chi connectivity index (χ4n) is 6.03. The highest BCUT2D eigenvalue weighted by atomic mass is 31.2. The minimum atomic E-state index is -3.65. The molecule has 11 nitrogen and oxygen atoms in total. The Bertz CT molecular complexity index is 1620. The average molecular weight is 743 g/mol. The van der Waals surface area contributed by atoms with E-state index in [1.807, 2.05) is 41.5 Å². The minimum Gasteiger partial charge on any atom is -0.507 e. The molecule has 0 spiro atoms. The number of hydrogen-bond donors (Lipinski definition) is 3. The third-order valence-corrected chi connectivity index (χ3v) is 15.6. The summed E-state index contributed by atoms with van der Waals surface area (Å²) in [6.07, 6.45) is 0.690. The summed E-state index contributed by atoms with van der Waals surface area (Å²) < 4.78 is 70.3. The highest BCUT2D eigenvalue weighted by Gasteiger charge is 2.41. The van der Waals surface area contributed by atoms with Crippen molar-refractivity contribution in [2.45, 2.75) is 92.3 Å². The number of hydrogen-bond acceptors (Lipinski definition) is 11. The van der Waals surface area contributed by atoms with Gasteiger partial charge in [0, 0.05) is 44.7 Å². The van der Waals surface area contributed by atoms with Crippen molar-refractivity contribution in [3.8, 4) is 11.5 Å². The van der Waals surface area contributed by atoms with Crippen LogP contribution >= 0.6 is 22.6 Å². The van der Waals surface area contributed by atoms with E-state index < -0.39 is 34.6 Å². The molecule has 0 bridgehead atoms. The molecule has 0 saturated carbocycles. The number of aromatic hydroxyl groups is 2. The molecule has 0 radical (unpaired) electrons. The molecule has 3 fully saturated rings. The van der Waals surface area contributed by atoms with Crippen molar-refractivity contribution >= 4 is 22.6 Å². The highest BCUT2D eigenvalue weighted by Crippen LogP contribution is 2.61. The molecule has 2 aromatic carbocycles. The van der Waals surface area contributed by atoms with Crippen LogP contribution in [0.15, 0.2) is 24.3 Å². The zero-order valence-corrected chi connectivity index (χ0v) is 32.7. The molecule has 3 saturated heterocycles. The summed E-state index contributed by atoms with van der Waals surface area (Å²) in [4.78, 5) is 0. The first kappa shape index (κ1) is 38.7. The Morgan fingerprint density at radius 1 is 0.612 bits per heavy atom. The molecule has 0 aliphatic carbocycles. The molecule has 49 heavy (non-hydrogen) atoms. The van der Waals surface area contributed by atoms with Crippen molar-refractivity contribution < 1.29 is 51.6 Å². The molecular weight excluding hydrogens is 689 g/mol. The van der Waals surface area contributed by atoms with E-state index in [9.17, 15) is 29.0 Å². The van der Waals surface area contributed by atoms with Gasteiger partial charge in [-0.05, 0) is 29.0 Å². The lowest BCUT2D eigenvalue weighted by molar-refractivity contribution is 0.0408. The Labute approximate surface area is 290 Å². The Morgan fingerprint density at radius 2 is 0.980 bits per heavy atom. The van der Waals surface area contributed by atoms with Crippen LogP contribution in [0.3, 0.4) is 0 Å². The van der Waals surface area contributed by atoms with E-state index in [1.54, 1.807) is 24.3 Å². The van der Waals surface area contributed by atoms with E-state index in [0.29, 0.717) is 29.5 Å². The molecule has 274 valence electrons. The molecule has 1 unspecified atom stereocenters. The van der Waals surface area contributed by atoms with E-state index in [1.165, 1.54) is 0 Å². The quantitative estimate of drug-likeness (QED) is 0.211. The second-order valence-corrected chi connectivity index (χ2v) is 23.7. The summed E-state index contributed by atoms with van der Waals surface area (Å²) in [5.41, 5.74) is 1.01. The van der Waals surface area contributed by atoms with Crippen LogP contribution in [0.4, 0.5) is 0 Å². The molecule has 2 aromatic rings. The molecule has 3 N–H and O–H groups in total. The van der Waals surface area contributed by atoms with Gasteiger partial charge in [0.25, 0.3) is 0 Å². The first-order valence-electron chi connectivity index (χ1n) is 16.8. The summed E-state index contributed by atoms with van der Waals surface area (Å²) >= 11 is 0. The van der Waals surface area contributed by atoms with Crippen LogP contribution < -0.4 is 0 Å². The summed E-state index contributed by atoms with van der Waals surface area (Å²) in [5.74, 6) is -0.324. The van der Waals surface area contributed by atoms with Gasteiger partial charge in [-0.1, -0.05) is 73.6 Å². The SMILES string of the molecule is CC1(C)CCP(=O)(Cc2cc(C(C)(C)c3cc(CP4(=O)OCC(C)(C)CO4)c(O)c(CP4(=O)OCC(C)(C)CO4)c3)cc(CO)c2O)OC1. The second kappa shape index (κ2) is 13.5. The molecule has 1 atom stereocenters. The van der Waals surface area contributed by atoms with Gasteiger partial charge in [0.05, 0.1) is 58.1 Å². The lowest BCUT2D eigenvalue weighted by Crippen LogP contribution is -2.30. The topological polar surface area (TPSA) is 158 Å². The maximum Gasteiger partial charge on any atom is 0.335 e. The molecular formula is C35H53O11P3. The summed E-state index contributed by atoms with van der Waals surface area (Å²) in [6.45, 7) is 16.6. The van der Waals surface area contributed by atoms with E-state index in [4.69, 9.17) is 22.6 Å². The van der Waals surface area contributed by atoms with Gasteiger partial charge in [-0.25, -0.2) is 0 Å². The third kappa shape index (κ3) is 8.93. The van der Waals surface area contributed by atoms with Crippen LogP contribution in [0.25, 0.3) is 0 Å². The van der Waals surface area contributed by atoms with Crippen molar-refractivity contribution in [2.24, 2.45) is 16.2 Å². The maximum absolute atomic E-state index is 13.8. The van der Waals surface area contributed by atoms with Gasteiger partial charge in [-0.2, -0.15) is 0 Å². The van der Waals surface area contributed by atoms with E-state index in [0.717, 1.165) is 6.42 Å². The van der Waals surface area contributed by atoms with Crippen LogP contribution in [0.1, 0.15) is 95.2 Å². The second-order valence-electron chi connectivity index (χ2n) is 16.9. The number of phenols is 2. The Kier molecular flexibility index (Phi) is 10.6. The predicted molar refractivity (Wildman–Crippen MR) is 189 cm³/mol. The maximum atomic E-state index is 13.8. The van der Waals surface area contributed by atoms with E-state index in [-0.39, 0.29) is 89.3 Å². The van der Waals surface area contributed by atoms with Crippen LogP contribution in [0.2, 0.25) is 0 Å². The van der Waals surface area contributed by atoms with Crippen LogP contribution in [-0.4, -0.2) is 54.5 Å². The largest absolute Gasteiger partial charge is 0.507 e. The van der Waals surface area contributed by atoms with Gasteiger partial charge in [0.15, 0.2) is 0 Å². The summed E-state index contributed by atoms with van der Waals surface area (Å²) in [5, 5.41) is 33.0. The van der Waals surface area contributed by atoms with Crippen LogP contribution in [0, 0.1) is 16.2 Å². The number of aliphatic hydroxyl groups is 1. The van der Waals surface area contributed by atoms with Crippen molar-refractivity contribution in [3.05, 3.63) is 57.6 Å². The van der Waals surface area contributed by atoms with E-state index >= 15 is 0 Å². The molecule has 3 heterocycles. The molecule has 5 rings (SSSR count). The van der Waals surface area contributed by atoms with Gasteiger partial charge < -0.3 is 37.9 Å². The zero-order valence-electron chi connectivity index (χ0n) is 30.0. The summed E-state index contributed by atoms with van der Waals surface area (Å²) in [7, 11) is -10.4. The summed E-state index contributed by atoms with van der Waals surface area (Å²) in [6, 6.07) is 6.93. The standard InChI is InChI=1S/C35H53O11P3/c1-32(2)9-10-47(39,42-19-32)16-25-12-28(11-24(15-36)30(25)37)35(7,8)29-13-26(17-48(40)43-20-33(3,4)21-44-48)31(38)27(14-29)18-49(41)45-22-34(5,6)23-46-49/h11-14,36-38H,9-10,15-23H2,1-8H3. The van der Waals surface area contributed by atoms with Gasteiger partial charge >= 0.3 is 15.2 Å². The number of aliphatic hydroxyl groups excluding tert-OH is 1. The van der Waals surface area contributed by atoms with Crippen LogP contribution in [-0.2, 0) is 66.8 Å². The fraction of sp³-hybridized carbons (Fsp3) is 0.657. The predicted octanol–water partition coefficient (Wildman–Crippen LogP) is 8.67. The van der Waals surface area contributed by atoms with Crippen molar-refractivity contribution in [1.29, 1.82) is 0 Å². The Morgan fingerprint density at radius 3 is 1.37 bits per heavy atom. The van der Waals surface area contributed by atoms with Gasteiger partial charge in [0.1, 0.15) is 11.5 Å². The molecule has 0 aromatic heterocycles. The van der Waals surface area contributed by atoms with Crippen molar-refractivity contribution in [2.75, 3.05) is 39.2 Å². The number of phenolic OH excluding ortho intramolecular Hbond substituents is 1. The molecule has 3 aliphatic rings. The first-order chi connectivity index (χ1) is 22.5. The number of benzene rings is 2. The van der Waals surface area contributed by atoms with Gasteiger partial charge in [0.2, 0.25) is 7.37 Å². The monoisotopic (exact) mass is 742 g/mol. The molecule has 3 aliphatic heterocycles. The normalized spacial score (nSPS) is 25.9. The Hall–Kier alpha value is -1.51. The fourth-order valence-corrected chi connectivity index (χ4v) is 12.7. The molecule has 14 heteroatoms. The average Bonchev–Trinajstić information content (AvgIpc) is 3.01. The van der Waals surface area contributed by atoms with Crippen molar-refractivity contribution in [1.82, 2.24) is 0 Å². The Balaban J connectivity index is 1.56. The lowest BCUT2D eigenvalue weighted by Gasteiger charge is -2.36. The third-order valence-electron chi connectivity index (χ3n) is 9.72.